The Hall–Kier alpha value is -3.45. The number of sulfonamides is 1. The van der Waals surface area contributed by atoms with Crippen molar-refractivity contribution >= 4 is 33.4 Å². The number of amides is 1. The number of H-pyrrole nitrogens is 1. The predicted octanol–water partition coefficient (Wildman–Crippen LogP) is 2.24. The van der Waals surface area contributed by atoms with E-state index in [1.165, 1.54) is 51.3 Å². The second-order valence-corrected chi connectivity index (χ2v) is 10.1. The third-order valence-corrected chi connectivity index (χ3v) is 7.44. The number of carbonyl (C=O) groups is 1. The van der Waals surface area contributed by atoms with Gasteiger partial charge >= 0.3 is 0 Å². The first-order chi connectivity index (χ1) is 16.8. The molecule has 0 aliphatic rings. The number of aromatic amines is 1. The average molecular weight is 522 g/mol. The molecule has 1 aromatic heterocycles. The first kappa shape index (κ1) is 26.2. The highest BCUT2D eigenvalue weighted by molar-refractivity contribution is 7.99. The molecule has 188 valence electrons. The van der Waals surface area contributed by atoms with Gasteiger partial charge in [0.05, 0.1) is 31.9 Å². The fourth-order valence-corrected chi connectivity index (χ4v) is 5.21. The number of benzene rings is 2. The Bertz CT molecular complexity index is 1250. The van der Waals surface area contributed by atoms with E-state index >= 15 is 0 Å². The maximum atomic E-state index is 13.6. The first-order valence-electron chi connectivity index (χ1n) is 10.5. The Morgan fingerprint density at radius 3 is 2.37 bits per heavy atom. The number of hydrogen-bond donors (Lipinski definition) is 2. The van der Waals surface area contributed by atoms with Crippen LogP contribution in [0.2, 0.25) is 0 Å². The summed E-state index contributed by atoms with van der Waals surface area (Å²) in [5.74, 6) is 1.96. The molecule has 0 unspecified atom stereocenters. The minimum absolute atomic E-state index is 0.0469. The van der Waals surface area contributed by atoms with Crippen LogP contribution in [-0.2, 0) is 14.8 Å². The van der Waals surface area contributed by atoms with Crippen LogP contribution in [0.25, 0.3) is 0 Å². The van der Waals surface area contributed by atoms with Crippen LogP contribution in [0.15, 0.2) is 52.5 Å². The Morgan fingerprint density at radius 1 is 1.06 bits per heavy atom. The smallest absolute Gasteiger partial charge is 0.264 e. The van der Waals surface area contributed by atoms with Crippen molar-refractivity contribution in [2.45, 2.75) is 17.0 Å². The van der Waals surface area contributed by atoms with Gasteiger partial charge in [0, 0.05) is 18.4 Å². The molecule has 11 nitrogen and oxygen atoms in total. The minimum atomic E-state index is -4.13. The van der Waals surface area contributed by atoms with Gasteiger partial charge in [-0.1, -0.05) is 11.8 Å². The maximum absolute atomic E-state index is 13.6. The molecule has 35 heavy (non-hydrogen) atoms. The van der Waals surface area contributed by atoms with Crippen LogP contribution in [0.5, 0.6) is 17.2 Å². The summed E-state index contributed by atoms with van der Waals surface area (Å²) in [6.07, 6.45) is 0. The molecule has 1 heterocycles. The van der Waals surface area contributed by atoms with E-state index in [0.29, 0.717) is 40.5 Å². The molecule has 3 aromatic rings. The van der Waals surface area contributed by atoms with Crippen LogP contribution in [0, 0.1) is 6.92 Å². The summed E-state index contributed by atoms with van der Waals surface area (Å²) in [5, 5.41) is 10.1. The standard InChI is InChI=1S/C22H27N5O6S2/c1-15-24-22(26-25-15)34-12-11-23-21(28)14-27(16-5-7-17(31-2)8-6-16)35(29,30)18-9-10-19(32-3)20(13-18)33-4/h5-10,13H,11-12,14H2,1-4H3,(H,23,28)(H,24,25,26). The Morgan fingerprint density at radius 2 is 1.77 bits per heavy atom. The third kappa shape index (κ3) is 6.57. The van der Waals surface area contributed by atoms with Gasteiger partial charge in [0.15, 0.2) is 11.5 Å². The summed E-state index contributed by atoms with van der Waals surface area (Å²) in [6.45, 7) is 1.68. The largest absolute Gasteiger partial charge is 0.497 e. The maximum Gasteiger partial charge on any atom is 0.264 e. The van der Waals surface area contributed by atoms with Crippen LogP contribution >= 0.6 is 11.8 Å². The second kappa shape index (κ2) is 11.8. The summed E-state index contributed by atoms with van der Waals surface area (Å²) in [6, 6.07) is 10.7. The molecular formula is C22H27N5O6S2. The molecule has 0 bridgehead atoms. The highest BCUT2D eigenvalue weighted by Crippen LogP contribution is 2.32. The lowest BCUT2D eigenvalue weighted by atomic mass is 10.3. The topological polar surface area (TPSA) is 136 Å². The molecule has 0 aliphatic heterocycles. The highest BCUT2D eigenvalue weighted by Gasteiger charge is 2.28. The average Bonchev–Trinajstić information content (AvgIpc) is 3.29. The number of ether oxygens (including phenoxy) is 3. The van der Waals surface area contributed by atoms with E-state index < -0.39 is 22.5 Å². The summed E-state index contributed by atoms with van der Waals surface area (Å²) in [5.41, 5.74) is 0.307. The van der Waals surface area contributed by atoms with Gasteiger partial charge in [-0.2, -0.15) is 0 Å². The Balaban J connectivity index is 1.80. The normalized spacial score (nSPS) is 11.1. The lowest BCUT2D eigenvalue weighted by Crippen LogP contribution is -2.41. The highest BCUT2D eigenvalue weighted by atomic mass is 32.2. The van der Waals surface area contributed by atoms with Gasteiger partial charge in [-0.25, -0.2) is 13.4 Å². The quantitative estimate of drug-likeness (QED) is 0.272. The van der Waals surface area contributed by atoms with Crippen LogP contribution in [0.1, 0.15) is 5.82 Å². The van der Waals surface area contributed by atoms with Crippen molar-refractivity contribution in [3.8, 4) is 17.2 Å². The van der Waals surface area contributed by atoms with Crippen molar-refractivity contribution in [1.82, 2.24) is 20.5 Å². The number of nitrogens with one attached hydrogen (secondary N) is 2. The molecule has 1 amide bonds. The van der Waals surface area contributed by atoms with Crippen LogP contribution in [0.3, 0.4) is 0 Å². The van der Waals surface area contributed by atoms with Gasteiger partial charge < -0.3 is 19.5 Å². The van der Waals surface area contributed by atoms with Gasteiger partial charge in [-0.05, 0) is 43.3 Å². The lowest BCUT2D eigenvalue weighted by molar-refractivity contribution is -0.119. The summed E-state index contributed by atoms with van der Waals surface area (Å²) in [7, 11) is 0.259. The van der Waals surface area contributed by atoms with Gasteiger partial charge in [-0.15, -0.1) is 5.10 Å². The van der Waals surface area contributed by atoms with E-state index in [4.69, 9.17) is 14.2 Å². The Kier molecular flexibility index (Phi) is 8.82. The fourth-order valence-electron chi connectivity index (χ4n) is 3.07. The number of anilines is 1. The van der Waals surface area contributed by atoms with E-state index in [1.54, 1.807) is 31.2 Å². The molecule has 0 spiro atoms. The van der Waals surface area contributed by atoms with Crippen molar-refractivity contribution in [2.75, 3.05) is 44.5 Å². The molecule has 3 rings (SSSR count). The zero-order chi connectivity index (χ0) is 25.4. The minimum Gasteiger partial charge on any atom is -0.497 e. The molecule has 0 radical (unpaired) electrons. The summed E-state index contributed by atoms with van der Waals surface area (Å²) >= 11 is 1.37. The van der Waals surface area contributed by atoms with Crippen LogP contribution < -0.4 is 23.8 Å². The van der Waals surface area contributed by atoms with E-state index in [-0.39, 0.29) is 10.6 Å². The third-order valence-electron chi connectivity index (χ3n) is 4.82. The molecule has 13 heteroatoms. The van der Waals surface area contributed by atoms with E-state index in [1.807, 2.05) is 0 Å². The van der Waals surface area contributed by atoms with E-state index in [0.717, 1.165) is 4.31 Å². The monoisotopic (exact) mass is 521 g/mol. The number of aryl methyl sites for hydroxylation is 1. The summed E-state index contributed by atoms with van der Waals surface area (Å²) in [4.78, 5) is 16.9. The lowest BCUT2D eigenvalue weighted by Gasteiger charge is -2.24. The van der Waals surface area contributed by atoms with E-state index in [2.05, 4.69) is 20.5 Å². The SMILES string of the molecule is COc1ccc(N(CC(=O)NCCSc2n[nH]c(C)n2)S(=O)(=O)c2ccc(OC)c(OC)c2)cc1. The molecule has 2 aromatic carbocycles. The molecule has 0 aliphatic carbocycles. The van der Waals surface area contributed by atoms with Crippen molar-refractivity contribution in [3.05, 3.63) is 48.3 Å². The number of thioether (sulfide) groups is 1. The predicted molar refractivity (Wildman–Crippen MR) is 132 cm³/mol. The van der Waals surface area contributed by atoms with Gasteiger partial charge in [0.25, 0.3) is 10.0 Å². The fraction of sp³-hybridized carbons (Fsp3) is 0.318. The van der Waals surface area contributed by atoms with Gasteiger partial charge in [-0.3, -0.25) is 14.2 Å². The van der Waals surface area contributed by atoms with Gasteiger partial charge in [0.2, 0.25) is 11.1 Å². The molecular weight excluding hydrogens is 494 g/mol. The van der Waals surface area contributed by atoms with Crippen molar-refractivity contribution in [3.63, 3.8) is 0 Å². The van der Waals surface area contributed by atoms with Gasteiger partial charge in [0.1, 0.15) is 18.1 Å². The number of carbonyl (C=O) groups excluding carboxylic acids is 1. The molecule has 2 N–H and O–H groups in total. The van der Waals surface area contributed by atoms with Crippen molar-refractivity contribution < 1.29 is 27.4 Å². The zero-order valence-corrected chi connectivity index (χ0v) is 21.4. The number of rotatable bonds is 12. The molecule has 0 saturated heterocycles. The number of methoxy groups -OCH3 is 3. The van der Waals surface area contributed by atoms with Crippen molar-refractivity contribution in [1.29, 1.82) is 0 Å². The van der Waals surface area contributed by atoms with E-state index in [9.17, 15) is 13.2 Å². The number of aromatic nitrogens is 3. The molecule has 0 fully saturated rings. The number of nitrogens with zero attached hydrogens (tertiary/aromatic N) is 3. The zero-order valence-electron chi connectivity index (χ0n) is 19.8. The molecule has 0 atom stereocenters. The first-order valence-corrected chi connectivity index (χ1v) is 12.9. The number of hydrogen-bond acceptors (Lipinski definition) is 9. The molecule has 0 saturated carbocycles. The second-order valence-electron chi connectivity index (χ2n) is 7.13. The van der Waals surface area contributed by atoms with Crippen LogP contribution in [-0.4, -0.2) is 69.7 Å². The van der Waals surface area contributed by atoms with Crippen molar-refractivity contribution in [2.24, 2.45) is 0 Å². The summed E-state index contributed by atoms with van der Waals surface area (Å²) < 4.78 is 43.9. The van der Waals surface area contributed by atoms with Crippen LogP contribution in [0.4, 0.5) is 5.69 Å². The Labute approximate surface area is 208 Å².